The number of rotatable bonds is 4. The van der Waals surface area contributed by atoms with Crippen LogP contribution in [0.3, 0.4) is 0 Å². The Morgan fingerprint density at radius 1 is 1.38 bits per heavy atom. The summed E-state index contributed by atoms with van der Waals surface area (Å²) in [7, 11) is -2.10. The lowest BCUT2D eigenvalue weighted by molar-refractivity contribution is 0.450. The Bertz CT molecular complexity index is 341. The zero-order valence-corrected chi connectivity index (χ0v) is 11.6. The Hall–Kier alpha value is -0.873. The molecule has 3 N–H and O–H groups in total. The molecule has 0 saturated carbocycles. The van der Waals surface area contributed by atoms with Crippen LogP contribution in [0.25, 0.3) is 0 Å². The van der Waals surface area contributed by atoms with E-state index in [1.165, 1.54) is 0 Å². The van der Waals surface area contributed by atoms with Gasteiger partial charge in [0.05, 0.1) is 11.9 Å². The van der Waals surface area contributed by atoms with Gasteiger partial charge in [-0.25, -0.2) is 0 Å². The van der Waals surface area contributed by atoms with Gasteiger partial charge in [-0.3, -0.25) is 4.98 Å². The molecule has 0 aliphatic rings. The molecule has 0 amide bonds. The molecular weight excluding hydrogens is 216 g/mol. The van der Waals surface area contributed by atoms with Crippen LogP contribution in [-0.2, 0) is 6.42 Å². The topological polar surface area (TPSA) is 59.1 Å². The highest BCUT2D eigenvalue weighted by Crippen LogP contribution is 2.39. The normalized spacial score (nSPS) is 12.8. The number of nitrogen functional groups attached to an aromatic ring is 1. The van der Waals surface area contributed by atoms with Gasteiger partial charge in [-0.05, 0) is 43.1 Å². The second-order valence-corrected chi connectivity index (χ2v) is 10.00. The van der Waals surface area contributed by atoms with Crippen molar-refractivity contribution >= 4 is 14.0 Å². The Labute approximate surface area is 98.8 Å². The predicted octanol–water partition coefficient (Wildman–Crippen LogP) is 2.57. The molecule has 0 spiro atoms. The zero-order chi connectivity index (χ0) is 12.4. The Morgan fingerprint density at radius 3 is 2.44 bits per heavy atom. The van der Waals surface area contributed by atoms with Crippen LogP contribution < -0.4 is 5.73 Å². The van der Waals surface area contributed by atoms with Crippen molar-refractivity contribution in [2.45, 2.75) is 44.8 Å². The summed E-state index contributed by atoms with van der Waals surface area (Å²) in [5, 5.41) is 0.00999. The van der Waals surface area contributed by atoms with Gasteiger partial charge in [0.15, 0.2) is 8.32 Å². The van der Waals surface area contributed by atoms with Gasteiger partial charge in [-0.1, -0.05) is 13.8 Å². The molecule has 0 radical (unpaired) electrons. The van der Waals surface area contributed by atoms with Crippen LogP contribution >= 0.6 is 0 Å². The zero-order valence-electron chi connectivity index (χ0n) is 10.6. The van der Waals surface area contributed by atoms with Crippen LogP contribution in [-0.4, -0.2) is 18.1 Å². The Morgan fingerprint density at radius 2 is 2.00 bits per heavy atom. The van der Waals surface area contributed by atoms with Crippen molar-refractivity contribution in [3.05, 3.63) is 24.0 Å². The quantitative estimate of drug-likeness (QED) is 0.793. The third kappa shape index (κ3) is 3.32. The number of pyridine rings is 1. The number of nitrogens with two attached hydrogens (primary N) is 1. The highest BCUT2D eigenvalue weighted by Gasteiger charge is 2.37. The SMILES string of the molecule is CC(C)(CCc1ccc(N)cn1)[Si](C)(C)O. The minimum atomic E-state index is -2.10. The molecule has 0 bridgehead atoms. The Balaban J connectivity index is 2.61. The maximum atomic E-state index is 10.2. The number of aromatic nitrogens is 1. The second kappa shape index (κ2) is 4.55. The van der Waals surface area contributed by atoms with Gasteiger partial charge in [0, 0.05) is 5.69 Å². The fraction of sp³-hybridized carbons (Fsp3) is 0.583. The maximum Gasteiger partial charge on any atom is 0.188 e. The number of aryl methyl sites for hydroxylation is 1. The summed E-state index contributed by atoms with van der Waals surface area (Å²) in [6.45, 7) is 8.25. The van der Waals surface area contributed by atoms with E-state index in [9.17, 15) is 4.80 Å². The van der Waals surface area contributed by atoms with Crippen LogP contribution in [0.2, 0.25) is 18.1 Å². The fourth-order valence-corrected chi connectivity index (χ4v) is 2.07. The van der Waals surface area contributed by atoms with Crippen molar-refractivity contribution < 1.29 is 4.80 Å². The van der Waals surface area contributed by atoms with Gasteiger partial charge in [0.25, 0.3) is 0 Å². The van der Waals surface area contributed by atoms with Crippen LogP contribution in [0, 0.1) is 0 Å². The molecule has 0 unspecified atom stereocenters. The molecule has 1 aromatic heterocycles. The third-order valence-electron chi connectivity index (χ3n) is 3.51. The number of hydrogen-bond acceptors (Lipinski definition) is 3. The van der Waals surface area contributed by atoms with E-state index in [-0.39, 0.29) is 5.04 Å². The van der Waals surface area contributed by atoms with E-state index >= 15 is 0 Å². The predicted molar refractivity (Wildman–Crippen MR) is 70.7 cm³/mol. The van der Waals surface area contributed by atoms with Gasteiger partial charge in [-0.15, -0.1) is 0 Å². The number of nitrogens with zero attached hydrogens (tertiary/aromatic N) is 1. The monoisotopic (exact) mass is 238 g/mol. The molecule has 0 aromatic carbocycles. The van der Waals surface area contributed by atoms with Gasteiger partial charge in [-0.2, -0.15) is 0 Å². The van der Waals surface area contributed by atoms with Crippen molar-refractivity contribution in [2.24, 2.45) is 0 Å². The summed E-state index contributed by atoms with van der Waals surface area (Å²) < 4.78 is 0. The second-order valence-electron chi connectivity index (χ2n) is 5.53. The van der Waals surface area contributed by atoms with E-state index in [0.717, 1.165) is 18.5 Å². The lowest BCUT2D eigenvalue weighted by atomic mass is 10.0. The largest absolute Gasteiger partial charge is 0.432 e. The average molecular weight is 238 g/mol. The van der Waals surface area contributed by atoms with E-state index in [1.807, 2.05) is 25.2 Å². The first kappa shape index (κ1) is 13.2. The first-order valence-corrected chi connectivity index (χ1v) is 8.60. The summed E-state index contributed by atoms with van der Waals surface area (Å²) >= 11 is 0. The van der Waals surface area contributed by atoms with Crippen LogP contribution in [0.15, 0.2) is 18.3 Å². The smallest absolute Gasteiger partial charge is 0.188 e. The Kier molecular flexibility index (Phi) is 3.75. The molecular formula is C12H22N2OSi. The van der Waals surface area contributed by atoms with E-state index in [1.54, 1.807) is 6.20 Å². The first-order valence-electron chi connectivity index (χ1n) is 5.65. The van der Waals surface area contributed by atoms with E-state index in [2.05, 4.69) is 18.8 Å². The van der Waals surface area contributed by atoms with Crippen LogP contribution in [0.5, 0.6) is 0 Å². The molecule has 90 valence electrons. The molecule has 1 heterocycles. The number of hydrogen-bond donors (Lipinski definition) is 2. The molecule has 1 rings (SSSR count). The summed E-state index contributed by atoms with van der Waals surface area (Å²) in [5.41, 5.74) is 7.32. The first-order chi connectivity index (χ1) is 7.22. The molecule has 0 saturated heterocycles. The summed E-state index contributed by atoms with van der Waals surface area (Å²) in [5.74, 6) is 0. The van der Waals surface area contributed by atoms with Crippen molar-refractivity contribution in [3.8, 4) is 0 Å². The summed E-state index contributed by atoms with van der Waals surface area (Å²) in [4.78, 5) is 14.4. The minimum absolute atomic E-state index is 0.00999. The maximum absolute atomic E-state index is 10.2. The lowest BCUT2D eigenvalue weighted by Gasteiger charge is -2.34. The van der Waals surface area contributed by atoms with Crippen LogP contribution in [0.1, 0.15) is 26.0 Å². The fourth-order valence-electron chi connectivity index (χ4n) is 1.33. The molecule has 0 aliphatic heterocycles. The van der Waals surface area contributed by atoms with Crippen molar-refractivity contribution in [2.75, 3.05) is 5.73 Å². The van der Waals surface area contributed by atoms with Crippen molar-refractivity contribution in [1.82, 2.24) is 4.98 Å². The molecule has 1 aromatic rings. The minimum Gasteiger partial charge on any atom is -0.432 e. The molecule has 0 fully saturated rings. The van der Waals surface area contributed by atoms with Gasteiger partial charge >= 0.3 is 0 Å². The molecule has 3 nitrogen and oxygen atoms in total. The third-order valence-corrected chi connectivity index (χ3v) is 7.07. The summed E-state index contributed by atoms with van der Waals surface area (Å²) in [6, 6.07) is 3.83. The highest BCUT2D eigenvalue weighted by molar-refractivity contribution is 6.72. The van der Waals surface area contributed by atoms with Gasteiger partial charge < -0.3 is 10.5 Å². The van der Waals surface area contributed by atoms with E-state index < -0.39 is 8.32 Å². The van der Waals surface area contributed by atoms with Gasteiger partial charge in [0.1, 0.15) is 0 Å². The standard InChI is InChI=1S/C12H22N2OSi/c1-12(2,16(3,4)15)8-7-11-6-5-10(13)9-14-11/h5-6,9,15H,7-8,13H2,1-4H3. The van der Waals surface area contributed by atoms with Gasteiger partial charge in [0.2, 0.25) is 0 Å². The molecule has 16 heavy (non-hydrogen) atoms. The van der Waals surface area contributed by atoms with Crippen molar-refractivity contribution in [1.29, 1.82) is 0 Å². The molecule has 0 atom stereocenters. The summed E-state index contributed by atoms with van der Waals surface area (Å²) in [6.07, 6.45) is 3.54. The highest BCUT2D eigenvalue weighted by atomic mass is 28.4. The molecule has 0 aliphatic carbocycles. The van der Waals surface area contributed by atoms with E-state index in [4.69, 9.17) is 5.73 Å². The number of anilines is 1. The van der Waals surface area contributed by atoms with Crippen molar-refractivity contribution in [3.63, 3.8) is 0 Å². The lowest BCUT2D eigenvalue weighted by Crippen LogP contribution is -2.39. The van der Waals surface area contributed by atoms with Crippen LogP contribution in [0.4, 0.5) is 5.69 Å². The van der Waals surface area contributed by atoms with E-state index in [0.29, 0.717) is 5.69 Å². The molecule has 4 heteroatoms. The average Bonchev–Trinajstić information content (AvgIpc) is 2.15.